The van der Waals surface area contributed by atoms with Crippen LogP contribution in [0.5, 0.6) is 0 Å². The van der Waals surface area contributed by atoms with Crippen molar-refractivity contribution in [3.8, 4) is 0 Å². The molecule has 2 aromatic heterocycles. The Morgan fingerprint density at radius 1 is 1.21 bits per heavy atom. The molecule has 1 amide bonds. The number of carbonyl (C=O) groups excluding carboxylic acids is 1. The van der Waals surface area contributed by atoms with Crippen LogP contribution in [0.15, 0.2) is 36.5 Å². The van der Waals surface area contributed by atoms with Crippen molar-refractivity contribution in [2.24, 2.45) is 17.3 Å². The van der Waals surface area contributed by atoms with E-state index in [9.17, 15) is 4.79 Å². The maximum Gasteiger partial charge on any atom is 0.254 e. The van der Waals surface area contributed by atoms with Crippen LogP contribution in [0.1, 0.15) is 65.1 Å². The van der Waals surface area contributed by atoms with Gasteiger partial charge in [0.05, 0.1) is 17.9 Å². The number of fused-ring (bicyclic) bond motifs is 1. The summed E-state index contributed by atoms with van der Waals surface area (Å²) in [7, 11) is 0. The van der Waals surface area contributed by atoms with Gasteiger partial charge in [0.15, 0.2) is 5.65 Å². The number of nitrogens with zero attached hydrogens (tertiary/aromatic N) is 5. The maximum absolute atomic E-state index is 13.7. The van der Waals surface area contributed by atoms with Crippen LogP contribution in [0, 0.1) is 6.92 Å². The molecule has 180 valence electrons. The lowest BCUT2D eigenvalue weighted by Crippen LogP contribution is -2.41. The minimum Gasteiger partial charge on any atom is -0.355 e. The number of likely N-dealkylation sites (tertiary alicyclic amines) is 1. The first-order chi connectivity index (χ1) is 16.5. The Hall–Kier alpha value is -3.05. The van der Waals surface area contributed by atoms with Crippen LogP contribution in [0.4, 0.5) is 5.82 Å². The molecule has 0 bridgehead atoms. The summed E-state index contributed by atoms with van der Waals surface area (Å²) in [6, 6.07) is 9.42. The molecule has 4 heterocycles. The van der Waals surface area contributed by atoms with Gasteiger partial charge < -0.3 is 21.3 Å². The molecule has 2 fully saturated rings. The molecule has 0 spiro atoms. The molecule has 10 heteroatoms. The Bertz CT molecular complexity index is 1190. The summed E-state index contributed by atoms with van der Waals surface area (Å²) in [6.45, 7) is 4.45. The van der Waals surface area contributed by atoms with Crippen molar-refractivity contribution in [1.82, 2.24) is 24.9 Å². The predicted octanol–water partition coefficient (Wildman–Crippen LogP) is 1.36. The average Bonchev–Trinajstić information content (AvgIpc) is 3.48. The fourth-order valence-electron chi connectivity index (χ4n) is 5.17. The summed E-state index contributed by atoms with van der Waals surface area (Å²) in [5.74, 6) is 6.46. The number of anilines is 1. The van der Waals surface area contributed by atoms with Gasteiger partial charge in [-0.3, -0.25) is 10.6 Å². The number of hydrogen-bond acceptors (Lipinski definition) is 8. The number of hydrazine groups is 1. The molecule has 3 atom stereocenters. The number of amides is 1. The molecule has 2 saturated heterocycles. The standard InChI is InChI=1S/C24H33N9O/c1-15-13-33-21(28-23(15)31-11-9-16(25)14-31)12-19(30-33)20-8-4-5-10-32(20)24(34)18-7-3-2-6-17(18)22(26)29-27/h2-3,6-7,12-13,16,20,22,29H,4-5,8-11,14,25-27H2,1H3/t16-,20-,22?/m0/s1. The third-order valence-electron chi connectivity index (χ3n) is 6.96. The number of nitrogens with one attached hydrogen (secondary N) is 1. The van der Waals surface area contributed by atoms with E-state index in [4.69, 9.17) is 27.4 Å². The van der Waals surface area contributed by atoms with Gasteiger partial charge in [-0.05, 0) is 44.2 Å². The van der Waals surface area contributed by atoms with E-state index in [1.54, 1.807) is 0 Å². The Labute approximate surface area is 199 Å². The van der Waals surface area contributed by atoms with E-state index in [1.165, 1.54) is 0 Å². The van der Waals surface area contributed by atoms with Gasteiger partial charge in [-0.1, -0.05) is 18.2 Å². The number of aromatic nitrogens is 3. The van der Waals surface area contributed by atoms with Crippen LogP contribution in [0.25, 0.3) is 5.65 Å². The van der Waals surface area contributed by atoms with Gasteiger partial charge in [0.1, 0.15) is 5.82 Å². The minimum atomic E-state index is -0.622. The van der Waals surface area contributed by atoms with E-state index in [0.29, 0.717) is 17.7 Å². The molecule has 1 aromatic carbocycles. The van der Waals surface area contributed by atoms with Gasteiger partial charge >= 0.3 is 0 Å². The summed E-state index contributed by atoms with van der Waals surface area (Å²) >= 11 is 0. The molecule has 0 radical (unpaired) electrons. The van der Waals surface area contributed by atoms with E-state index < -0.39 is 6.17 Å². The largest absolute Gasteiger partial charge is 0.355 e. The van der Waals surface area contributed by atoms with Crippen LogP contribution < -0.4 is 27.6 Å². The van der Waals surface area contributed by atoms with Gasteiger partial charge in [0.25, 0.3) is 5.91 Å². The molecule has 2 aliphatic rings. The Morgan fingerprint density at radius 3 is 2.79 bits per heavy atom. The molecular formula is C24H33N9O. The summed E-state index contributed by atoms with van der Waals surface area (Å²) in [5, 5.41) is 4.84. The number of nitrogens with two attached hydrogens (primary N) is 3. The van der Waals surface area contributed by atoms with Crippen LogP contribution >= 0.6 is 0 Å². The zero-order chi connectivity index (χ0) is 23.8. The zero-order valence-electron chi connectivity index (χ0n) is 19.5. The highest BCUT2D eigenvalue weighted by Gasteiger charge is 2.32. The molecule has 3 aromatic rings. The minimum absolute atomic E-state index is 0.0565. The molecule has 2 aliphatic heterocycles. The van der Waals surface area contributed by atoms with Gasteiger partial charge in [-0.25, -0.2) is 14.9 Å². The lowest BCUT2D eigenvalue weighted by molar-refractivity contribution is 0.0603. The number of rotatable bonds is 5. The highest BCUT2D eigenvalue weighted by molar-refractivity contribution is 5.96. The fraction of sp³-hybridized carbons (Fsp3) is 0.458. The monoisotopic (exact) mass is 463 g/mol. The molecular weight excluding hydrogens is 430 g/mol. The normalized spacial score (nSPS) is 21.9. The molecule has 0 saturated carbocycles. The second kappa shape index (κ2) is 9.30. The van der Waals surface area contributed by atoms with Gasteiger partial charge in [0, 0.05) is 49.1 Å². The van der Waals surface area contributed by atoms with Crippen LogP contribution in [0.2, 0.25) is 0 Å². The maximum atomic E-state index is 13.7. The summed E-state index contributed by atoms with van der Waals surface area (Å²) in [5.41, 5.74) is 18.7. The van der Waals surface area contributed by atoms with Crippen molar-refractivity contribution in [1.29, 1.82) is 0 Å². The van der Waals surface area contributed by atoms with Gasteiger partial charge in [-0.2, -0.15) is 5.10 Å². The summed E-state index contributed by atoms with van der Waals surface area (Å²) in [6.07, 6.45) is 5.21. The van der Waals surface area contributed by atoms with Crippen molar-refractivity contribution in [2.75, 3.05) is 24.5 Å². The van der Waals surface area contributed by atoms with E-state index in [1.807, 2.05) is 45.9 Å². The Kier molecular flexibility index (Phi) is 6.22. The van der Waals surface area contributed by atoms with Crippen LogP contribution in [-0.2, 0) is 0 Å². The second-order valence-corrected chi connectivity index (χ2v) is 9.36. The summed E-state index contributed by atoms with van der Waals surface area (Å²) in [4.78, 5) is 22.8. The van der Waals surface area contributed by atoms with E-state index in [0.717, 1.165) is 61.5 Å². The van der Waals surface area contributed by atoms with Crippen LogP contribution in [0.3, 0.4) is 0 Å². The molecule has 5 rings (SSSR count). The fourth-order valence-corrected chi connectivity index (χ4v) is 5.17. The third kappa shape index (κ3) is 4.14. The van der Waals surface area contributed by atoms with Crippen molar-refractivity contribution in [3.63, 3.8) is 0 Å². The Balaban J connectivity index is 1.47. The average molecular weight is 464 g/mol. The number of carbonyl (C=O) groups is 1. The molecule has 10 nitrogen and oxygen atoms in total. The quantitative estimate of drug-likeness (QED) is 0.252. The molecule has 0 aliphatic carbocycles. The van der Waals surface area contributed by atoms with Crippen molar-refractivity contribution in [3.05, 3.63) is 58.9 Å². The third-order valence-corrected chi connectivity index (χ3v) is 6.96. The van der Waals surface area contributed by atoms with E-state index in [-0.39, 0.29) is 18.0 Å². The van der Waals surface area contributed by atoms with E-state index >= 15 is 0 Å². The second-order valence-electron chi connectivity index (χ2n) is 9.36. The number of hydrogen-bond donors (Lipinski definition) is 4. The molecule has 34 heavy (non-hydrogen) atoms. The lowest BCUT2D eigenvalue weighted by atomic mass is 9.96. The zero-order valence-corrected chi connectivity index (χ0v) is 19.5. The van der Waals surface area contributed by atoms with Crippen molar-refractivity contribution in [2.45, 2.75) is 50.9 Å². The lowest BCUT2D eigenvalue weighted by Gasteiger charge is -2.35. The first-order valence-electron chi connectivity index (χ1n) is 12.0. The topological polar surface area (TPSA) is 144 Å². The Morgan fingerprint density at radius 2 is 2.03 bits per heavy atom. The first kappa shape index (κ1) is 22.7. The number of benzene rings is 1. The number of piperidine rings is 1. The number of aryl methyl sites for hydroxylation is 1. The SMILES string of the molecule is Cc1cn2nc([C@@H]3CCCCN3C(=O)c3ccccc3C(N)NN)cc2nc1N1CC[C@H](N)C1. The predicted molar refractivity (Wildman–Crippen MR) is 131 cm³/mol. The first-order valence-corrected chi connectivity index (χ1v) is 12.0. The van der Waals surface area contributed by atoms with E-state index in [2.05, 4.69) is 17.2 Å². The molecule has 7 N–H and O–H groups in total. The van der Waals surface area contributed by atoms with Crippen molar-refractivity contribution < 1.29 is 4.79 Å². The molecule has 1 unspecified atom stereocenters. The highest BCUT2D eigenvalue weighted by Crippen LogP contribution is 2.33. The van der Waals surface area contributed by atoms with Crippen LogP contribution in [-0.4, -0.2) is 51.1 Å². The highest BCUT2D eigenvalue weighted by atomic mass is 16.2. The van der Waals surface area contributed by atoms with Gasteiger partial charge in [-0.15, -0.1) is 0 Å². The summed E-state index contributed by atoms with van der Waals surface area (Å²) < 4.78 is 1.82. The van der Waals surface area contributed by atoms with Gasteiger partial charge in [0.2, 0.25) is 0 Å². The van der Waals surface area contributed by atoms with Crippen molar-refractivity contribution >= 4 is 17.4 Å². The smallest absolute Gasteiger partial charge is 0.254 e.